The van der Waals surface area contributed by atoms with Gasteiger partial charge in [0, 0.05) is 11.4 Å². The summed E-state index contributed by atoms with van der Waals surface area (Å²) in [6.45, 7) is 3.18. The number of benzene rings is 1. The maximum Gasteiger partial charge on any atom is 0.224 e. The monoisotopic (exact) mass is 292 g/mol. The van der Waals surface area contributed by atoms with Gasteiger partial charge >= 0.3 is 0 Å². The molecule has 1 aliphatic rings. The molecule has 20 heavy (non-hydrogen) atoms. The van der Waals surface area contributed by atoms with Crippen molar-refractivity contribution in [2.24, 2.45) is 5.92 Å². The van der Waals surface area contributed by atoms with E-state index >= 15 is 0 Å². The lowest BCUT2D eigenvalue weighted by molar-refractivity contribution is -0.120. The Morgan fingerprint density at radius 1 is 1.30 bits per heavy atom. The van der Waals surface area contributed by atoms with Crippen LogP contribution < -0.4 is 5.32 Å². The van der Waals surface area contributed by atoms with Crippen molar-refractivity contribution < 1.29 is 4.79 Å². The Bertz CT molecular complexity index is 425. The molecule has 1 aromatic carbocycles. The number of carbonyl (C=O) groups excluding carboxylic acids is 1. The minimum atomic E-state index is 0.116. The molecule has 0 radical (unpaired) electrons. The number of carbonyl (C=O) groups is 1. The van der Waals surface area contributed by atoms with Crippen LogP contribution in [0, 0.1) is 5.92 Å². The van der Waals surface area contributed by atoms with Gasteiger partial charge in [-0.25, -0.2) is 0 Å². The molecule has 2 rings (SSSR count). The molecule has 1 amide bonds. The minimum absolute atomic E-state index is 0.116. The maximum absolute atomic E-state index is 11.9. The highest BCUT2D eigenvalue weighted by molar-refractivity contribution is 7.80. The van der Waals surface area contributed by atoms with Gasteiger partial charge in [0.1, 0.15) is 0 Å². The predicted molar refractivity (Wildman–Crippen MR) is 85.2 cm³/mol. The summed E-state index contributed by atoms with van der Waals surface area (Å²) in [4.78, 5) is 15.2. The van der Waals surface area contributed by atoms with Crippen molar-refractivity contribution in [1.82, 2.24) is 10.2 Å². The molecule has 0 unspecified atom stereocenters. The van der Waals surface area contributed by atoms with E-state index in [2.05, 4.69) is 29.9 Å². The van der Waals surface area contributed by atoms with Crippen LogP contribution in [-0.4, -0.2) is 37.5 Å². The van der Waals surface area contributed by atoms with Crippen molar-refractivity contribution in [1.29, 1.82) is 0 Å². The molecule has 0 bridgehead atoms. The fourth-order valence-corrected chi connectivity index (χ4v) is 2.78. The van der Waals surface area contributed by atoms with Crippen LogP contribution in [0.1, 0.15) is 24.8 Å². The Morgan fingerprint density at radius 2 is 1.95 bits per heavy atom. The van der Waals surface area contributed by atoms with Crippen LogP contribution in [0.2, 0.25) is 0 Å². The van der Waals surface area contributed by atoms with Gasteiger partial charge in [-0.3, -0.25) is 4.79 Å². The Kier molecular flexibility index (Phi) is 5.92. The van der Waals surface area contributed by atoms with Crippen LogP contribution in [0.4, 0.5) is 0 Å². The van der Waals surface area contributed by atoms with Gasteiger partial charge in [0.2, 0.25) is 5.91 Å². The van der Waals surface area contributed by atoms with E-state index in [4.69, 9.17) is 0 Å². The topological polar surface area (TPSA) is 32.3 Å². The van der Waals surface area contributed by atoms with E-state index in [0.717, 1.165) is 29.3 Å². The van der Waals surface area contributed by atoms with E-state index < -0.39 is 0 Å². The van der Waals surface area contributed by atoms with Gasteiger partial charge in [-0.05, 0) is 63.0 Å². The Hall–Kier alpha value is -1.00. The maximum atomic E-state index is 11.9. The third kappa shape index (κ3) is 5.17. The second-order valence-corrected chi connectivity index (χ2v) is 6.24. The molecule has 0 aromatic heterocycles. The molecule has 4 heteroatoms. The van der Waals surface area contributed by atoms with Crippen molar-refractivity contribution in [2.45, 2.75) is 30.6 Å². The third-order valence-corrected chi connectivity index (χ3v) is 4.31. The van der Waals surface area contributed by atoms with E-state index in [0.29, 0.717) is 6.42 Å². The number of hydrogen-bond acceptors (Lipinski definition) is 3. The fourth-order valence-electron chi connectivity index (χ4n) is 2.63. The highest BCUT2D eigenvalue weighted by Gasteiger charge is 2.16. The molecule has 0 atom stereocenters. The molecule has 1 heterocycles. The second kappa shape index (κ2) is 7.70. The van der Waals surface area contributed by atoms with Gasteiger partial charge in [0.15, 0.2) is 0 Å². The number of nitrogens with zero attached hydrogens (tertiary/aromatic N) is 1. The number of rotatable bonds is 5. The van der Waals surface area contributed by atoms with Crippen LogP contribution in [0.25, 0.3) is 0 Å². The largest absolute Gasteiger partial charge is 0.356 e. The molecule has 1 aromatic rings. The first-order valence-electron chi connectivity index (χ1n) is 7.36. The number of hydrogen-bond donors (Lipinski definition) is 2. The first kappa shape index (κ1) is 15.4. The Morgan fingerprint density at radius 3 is 2.60 bits per heavy atom. The highest BCUT2D eigenvalue weighted by Crippen LogP contribution is 2.18. The van der Waals surface area contributed by atoms with Crippen molar-refractivity contribution in [3.05, 3.63) is 29.8 Å². The fraction of sp³-hybridized carbons (Fsp3) is 0.562. The average Bonchev–Trinajstić information content (AvgIpc) is 2.44. The summed E-state index contributed by atoms with van der Waals surface area (Å²) in [6.07, 6.45) is 4.09. The van der Waals surface area contributed by atoms with Gasteiger partial charge in [-0.2, -0.15) is 0 Å². The van der Waals surface area contributed by atoms with E-state index in [1.165, 1.54) is 25.9 Å². The van der Waals surface area contributed by atoms with Crippen molar-refractivity contribution in [2.75, 3.05) is 26.7 Å². The number of amides is 1. The predicted octanol–water partition coefficient (Wildman–Crippen LogP) is 2.37. The van der Waals surface area contributed by atoms with Gasteiger partial charge in [-0.1, -0.05) is 12.1 Å². The quantitative estimate of drug-likeness (QED) is 0.817. The van der Waals surface area contributed by atoms with Gasteiger partial charge < -0.3 is 10.2 Å². The zero-order valence-electron chi connectivity index (χ0n) is 12.1. The molecule has 110 valence electrons. The molecule has 1 fully saturated rings. The smallest absolute Gasteiger partial charge is 0.224 e. The zero-order chi connectivity index (χ0) is 14.4. The van der Waals surface area contributed by atoms with Crippen molar-refractivity contribution in [3.8, 4) is 0 Å². The van der Waals surface area contributed by atoms with E-state index in [1.807, 2.05) is 24.3 Å². The lowest BCUT2D eigenvalue weighted by atomic mass is 9.94. The Labute approximate surface area is 127 Å². The lowest BCUT2D eigenvalue weighted by Gasteiger charge is -2.28. The molecular weight excluding hydrogens is 268 g/mol. The lowest BCUT2D eigenvalue weighted by Crippen LogP contribution is -2.33. The normalized spacial score (nSPS) is 17.1. The van der Waals surface area contributed by atoms with Crippen LogP contribution >= 0.6 is 12.6 Å². The molecule has 1 saturated heterocycles. The standard InChI is InChI=1S/C16H24N2OS/c1-18-10-7-13(8-11-18)6-9-17-16(19)12-14-2-4-15(20)5-3-14/h2-5,13,20H,6-12H2,1H3,(H,17,19). The molecule has 0 saturated carbocycles. The van der Waals surface area contributed by atoms with Crippen molar-refractivity contribution in [3.63, 3.8) is 0 Å². The number of thiol groups is 1. The van der Waals surface area contributed by atoms with E-state index in [-0.39, 0.29) is 5.91 Å². The van der Waals surface area contributed by atoms with Crippen LogP contribution in [0.15, 0.2) is 29.2 Å². The molecule has 3 nitrogen and oxygen atoms in total. The van der Waals surface area contributed by atoms with E-state index in [1.54, 1.807) is 0 Å². The second-order valence-electron chi connectivity index (χ2n) is 5.73. The Balaban J connectivity index is 1.64. The molecule has 0 spiro atoms. The summed E-state index contributed by atoms with van der Waals surface area (Å²) >= 11 is 4.24. The van der Waals surface area contributed by atoms with Gasteiger partial charge in [-0.15, -0.1) is 12.6 Å². The number of nitrogens with one attached hydrogen (secondary N) is 1. The summed E-state index contributed by atoms with van der Waals surface area (Å²) in [5, 5.41) is 3.03. The first-order chi connectivity index (χ1) is 9.63. The summed E-state index contributed by atoms with van der Waals surface area (Å²) in [6, 6.07) is 7.76. The molecule has 1 aliphatic heterocycles. The van der Waals surface area contributed by atoms with Gasteiger partial charge in [0.25, 0.3) is 0 Å². The van der Waals surface area contributed by atoms with Crippen LogP contribution in [0.3, 0.4) is 0 Å². The number of piperidine rings is 1. The summed E-state index contributed by atoms with van der Waals surface area (Å²) < 4.78 is 0. The van der Waals surface area contributed by atoms with Crippen molar-refractivity contribution >= 4 is 18.5 Å². The van der Waals surface area contributed by atoms with Crippen LogP contribution in [-0.2, 0) is 11.2 Å². The number of likely N-dealkylation sites (tertiary alicyclic amines) is 1. The van der Waals surface area contributed by atoms with Gasteiger partial charge in [0.05, 0.1) is 6.42 Å². The van der Waals surface area contributed by atoms with Crippen LogP contribution in [0.5, 0.6) is 0 Å². The average molecular weight is 292 g/mol. The minimum Gasteiger partial charge on any atom is -0.356 e. The summed E-state index contributed by atoms with van der Waals surface area (Å²) in [5.41, 5.74) is 1.04. The summed E-state index contributed by atoms with van der Waals surface area (Å²) in [5.74, 6) is 0.889. The summed E-state index contributed by atoms with van der Waals surface area (Å²) in [7, 11) is 2.17. The first-order valence-corrected chi connectivity index (χ1v) is 7.81. The molecule has 0 aliphatic carbocycles. The molecule has 1 N–H and O–H groups in total. The highest BCUT2D eigenvalue weighted by atomic mass is 32.1. The SMILES string of the molecule is CN1CCC(CCNC(=O)Cc2ccc(S)cc2)CC1. The zero-order valence-corrected chi connectivity index (χ0v) is 13.0. The third-order valence-electron chi connectivity index (χ3n) is 4.01. The van der Waals surface area contributed by atoms with E-state index in [9.17, 15) is 4.79 Å². The molecular formula is C16H24N2OS.